The van der Waals surface area contributed by atoms with Crippen molar-refractivity contribution < 1.29 is 18.6 Å². The lowest BCUT2D eigenvalue weighted by Crippen LogP contribution is -3.06. The summed E-state index contributed by atoms with van der Waals surface area (Å²) in [4.78, 5) is 18.0. The molecule has 0 aliphatic heterocycles. The van der Waals surface area contributed by atoms with E-state index in [9.17, 15) is 9.18 Å². The fourth-order valence-electron chi connectivity index (χ4n) is 2.91. The van der Waals surface area contributed by atoms with Crippen molar-refractivity contribution in [1.29, 1.82) is 0 Å². The van der Waals surface area contributed by atoms with E-state index >= 15 is 0 Å². The highest BCUT2D eigenvalue weighted by Gasteiger charge is 2.18. The number of carbonyl (C=O) groups excluding carboxylic acids is 1. The van der Waals surface area contributed by atoms with Gasteiger partial charge < -0.3 is 14.7 Å². The van der Waals surface area contributed by atoms with E-state index in [1.54, 1.807) is 12.1 Å². The second-order valence-corrected chi connectivity index (χ2v) is 6.96. The number of likely N-dealkylation sites (N-methyl/N-ethyl adjacent to an activating group) is 1. The van der Waals surface area contributed by atoms with Gasteiger partial charge in [-0.1, -0.05) is 35.5 Å². The van der Waals surface area contributed by atoms with E-state index in [-0.39, 0.29) is 24.2 Å². The Morgan fingerprint density at radius 1 is 1.14 bits per heavy atom. The summed E-state index contributed by atoms with van der Waals surface area (Å²) in [6.07, 6.45) is 0.591. The first kappa shape index (κ1) is 19.7. The van der Waals surface area contributed by atoms with Crippen LogP contribution in [-0.2, 0) is 11.2 Å². The van der Waals surface area contributed by atoms with E-state index in [4.69, 9.17) is 4.52 Å². The van der Waals surface area contributed by atoms with Gasteiger partial charge in [-0.15, -0.1) is 0 Å². The lowest BCUT2D eigenvalue weighted by molar-refractivity contribution is -0.860. The van der Waals surface area contributed by atoms with Gasteiger partial charge in [0.15, 0.2) is 0 Å². The van der Waals surface area contributed by atoms with Crippen molar-refractivity contribution in [3.05, 3.63) is 71.9 Å². The summed E-state index contributed by atoms with van der Waals surface area (Å²) < 4.78 is 18.2. The monoisotopic (exact) mass is 383 g/mol. The van der Waals surface area contributed by atoms with Crippen LogP contribution in [-0.4, -0.2) is 36.7 Å². The number of nitrogens with zero attached hydrogens (tertiary/aromatic N) is 2. The number of nitrogens with one attached hydrogen (secondary N) is 2. The normalized spacial score (nSPS) is 12.1. The largest absolute Gasteiger partial charge is 0.344 e. The Morgan fingerprint density at radius 2 is 1.86 bits per heavy atom. The minimum absolute atomic E-state index is 0.0591. The van der Waals surface area contributed by atoms with E-state index in [1.807, 2.05) is 30.3 Å². The zero-order valence-corrected chi connectivity index (χ0v) is 16.0. The molecule has 6 nitrogen and oxygen atoms in total. The molecule has 1 amide bonds. The first-order valence-corrected chi connectivity index (χ1v) is 9.23. The van der Waals surface area contributed by atoms with Gasteiger partial charge in [0, 0.05) is 18.4 Å². The van der Waals surface area contributed by atoms with Crippen molar-refractivity contribution in [2.75, 3.05) is 20.6 Å². The summed E-state index contributed by atoms with van der Waals surface area (Å²) in [6.45, 7) is 0.783. The Balaban J connectivity index is 1.58. The van der Waals surface area contributed by atoms with E-state index in [2.05, 4.69) is 29.6 Å². The molecule has 3 aromatic rings. The van der Waals surface area contributed by atoms with Crippen molar-refractivity contribution in [1.82, 2.24) is 15.5 Å². The third-order valence-electron chi connectivity index (χ3n) is 4.29. The molecule has 0 saturated carbocycles. The minimum Gasteiger partial charge on any atom is -0.344 e. The molecule has 0 bridgehead atoms. The molecule has 3 rings (SSSR count). The van der Waals surface area contributed by atoms with Crippen molar-refractivity contribution in [3.63, 3.8) is 0 Å². The van der Waals surface area contributed by atoms with Crippen LogP contribution in [0.2, 0.25) is 0 Å². The molecular formula is C21H24FN4O2+. The summed E-state index contributed by atoms with van der Waals surface area (Å²) in [6, 6.07) is 15.7. The molecule has 0 fully saturated rings. The number of quaternary nitrogens is 1. The topological polar surface area (TPSA) is 72.5 Å². The van der Waals surface area contributed by atoms with Gasteiger partial charge in [-0.2, -0.15) is 4.98 Å². The molecular weight excluding hydrogens is 359 g/mol. The highest BCUT2D eigenvalue weighted by Crippen LogP contribution is 2.17. The predicted molar refractivity (Wildman–Crippen MR) is 103 cm³/mol. The number of carbonyl (C=O) groups is 1. The molecule has 1 heterocycles. The summed E-state index contributed by atoms with van der Waals surface area (Å²) in [5, 5.41) is 6.99. The Labute approximate surface area is 163 Å². The number of rotatable bonds is 8. The number of amides is 1. The van der Waals surface area contributed by atoms with Crippen LogP contribution >= 0.6 is 0 Å². The van der Waals surface area contributed by atoms with Crippen LogP contribution in [0.15, 0.2) is 59.1 Å². The van der Waals surface area contributed by atoms with E-state index in [1.165, 1.54) is 17.0 Å². The van der Waals surface area contributed by atoms with Gasteiger partial charge in [0.05, 0.1) is 14.1 Å². The Morgan fingerprint density at radius 3 is 2.54 bits per heavy atom. The predicted octanol–water partition coefficient (Wildman–Crippen LogP) is 1.81. The Kier molecular flexibility index (Phi) is 6.49. The molecule has 1 aromatic heterocycles. The zero-order valence-electron chi connectivity index (χ0n) is 16.0. The summed E-state index contributed by atoms with van der Waals surface area (Å²) in [5.41, 5.74) is 1.74. The highest BCUT2D eigenvalue weighted by molar-refractivity contribution is 5.76. The van der Waals surface area contributed by atoms with Gasteiger partial charge in [-0.25, -0.2) is 4.39 Å². The van der Waals surface area contributed by atoms with Crippen molar-refractivity contribution in [2.45, 2.75) is 18.9 Å². The van der Waals surface area contributed by atoms with Crippen LogP contribution < -0.4 is 10.2 Å². The molecule has 0 spiro atoms. The van der Waals surface area contributed by atoms with E-state index < -0.39 is 0 Å². The molecule has 7 heteroatoms. The van der Waals surface area contributed by atoms with Crippen molar-refractivity contribution in [2.24, 2.45) is 0 Å². The zero-order chi connectivity index (χ0) is 19.9. The van der Waals surface area contributed by atoms with E-state index in [0.29, 0.717) is 23.7 Å². The number of aromatic nitrogens is 2. The SMILES string of the molecule is C[NH+](C)C[C@@H](NC(=O)CCc1nc(-c2ccc(F)cc2)no1)c1ccccc1. The third kappa shape index (κ3) is 5.47. The number of aryl methyl sites for hydroxylation is 1. The Bertz CT molecular complexity index is 894. The second-order valence-electron chi connectivity index (χ2n) is 6.96. The number of hydrogen-bond donors (Lipinski definition) is 2. The third-order valence-corrected chi connectivity index (χ3v) is 4.29. The lowest BCUT2D eigenvalue weighted by Gasteiger charge is -2.20. The summed E-state index contributed by atoms with van der Waals surface area (Å²) in [7, 11) is 4.11. The van der Waals surface area contributed by atoms with Crippen LogP contribution in [0.25, 0.3) is 11.4 Å². The molecule has 28 heavy (non-hydrogen) atoms. The molecule has 0 aliphatic carbocycles. The van der Waals surface area contributed by atoms with Gasteiger partial charge >= 0.3 is 0 Å². The van der Waals surface area contributed by atoms with E-state index in [0.717, 1.165) is 12.1 Å². The van der Waals surface area contributed by atoms with Crippen molar-refractivity contribution >= 4 is 5.91 Å². The van der Waals surface area contributed by atoms with Crippen LogP contribution in [0.5, 0.6) is 0 Å². The maximum absolute atomic E-state index is 13.0. The maximum atomic E-state index is 13.0. The quantitative estimate of drug-likeness (QED) is 0.622. The summed E-state index contributed by atoms with van der Waals surface area (Å²) >= 11 is 0. The van der Waals surface area contributed by atoms with Gasteiger partial charge in [0.2, 0.25) is 17.6 Å². The summed E-state index contributed by atoms with van der Waals surface area (Å²) in [5.74, 6) is 0.367. The van der Waals surface area contributed by atoms with Crippen LogP contribution in [0.3, 0.4) is 0 Å². The molecule has 1 atom stereocenters. The average Bonchev–Trinajstić information content (AvgIpc) is 3.16. The van der Waals surface area contributed by atoms with Gasteiger partial charge in [0.25, 0.3) is 0 Å². The standard InChI is InChI=1S/C21H23FN4O2/c1-26(2)14-18(15-6-4-3-5-7-15)23-19(27)12-13-20-24-21(25-28-20)16-8-10-17(22)11-9-16/h3-11,18H,12-14H2,1-2H3,(H,23,27)/p+1/t18-/m1/s1. The fraction of sp³-hybridized carbons (Fsp3) is 0.286. The molecule has 2 N–H and O–H groups in total. The maximum Gasteiger partial charge on any atom is 0.227 e. The van der Waals surface area contributed by atoms with Crippen LogP contribution in [0.4, 0.5) is 4.39 Å². The first-order valence-electron chi connectivity index (χ1n) is 9.23. The molecule has 146 valence electrons. The highest BCUT2D eigenvalue weighted by atomic mass is 19.1. The fourth-order valence-corrected chi connectivity index (χ4v) is 2.91. The molecule has 2 aromatic carbocycles. The number of benzene rings is 2. The minimum atomic E-state index is -0.323. The number of hydrogen-bond acceptors (Lipinski definition) is 4. The lowest BCUT2D eigenvalue weighted by atomic mass is 10.1. The Hall–Kier alpha value is -3.06. The molecule has 0 saturated heterocycles. The average molecular weight is 383 g/mol. The van der Waals surface area contributed by atoms with Gasteiger partial charge in [-0.05, 0) is 29.8 Å². The second kappa shape index (κ2) is 9.23. The smallest absolute Gasteiger partial charge is 0.227 e. The molecule has 0 aliphatic rings. The van der Waals surface area contributed by atoms with Crippen LogP contribution in [0, 0.1) is 5.82 Å². The van der Waals surface area contributed by atoms with Gasteiger partial charge in [-0.3, -0.25) is 4.79 Å². The van der Waals surface area contributed by atoms with Gasteiger partial charge in [0.1, 0.15) is 18.4 Å². The number of halogens is 1. The van der Waals surface area contributed by atoms with Crippen LogP contribution in [0.1, 0.15) is 23.9 Å². The molecule has 0 unspecified atom stereocenters. The molecule has 0 radical (unpaired) electrons. The first-order chi connectivity index (χ1) is 13.5. The van der Waals surface area contributed by atoms with Crippen molar-refractivity contribution in [3.8, 4) is 11.4 Å².